The summed E-state index contributed by atoms with van der Waals surface area (Å²) in [7, 11) is 0. The van der Waals surface area contributed by atoms with Crippen molar-refractivity contribution in [2.45, 2.75) is 38.0 Å². The minimum absolute atomic E-state index is 0.241. The summed E-state index contributed by atoms with van der Waals surface area (Å²) < 4.78 is 13.4. The van der Waals surface area contributed by atoms with Gasteiger partial charge in [0.25, 0.3) is 0 Å². The zero-order valence-electron chi connectivity index (χ0n) is 10.2. The van der Waals surface area contributed by atoms with Crippen LogP contribution >= 0.6 is 0 Å². The quantitative estimate of drug-likeness (QED) is 0.792. The molecule has 94 valence electrons. The van der Waals surface area contributed by atoms with E-state index < -0.39 is 0 Å². The van der Waals surface area contributed by atoms with Crippen LogP contribution < -0.4 is 11.5 Å². The average Bonchev–Trinajstić information content (AvgIpc) is 2.34. The molecule has 2 rings (SSSR count). The zero-order chi connectivity index (χ0) is 12.3. The molecule has 1 aromatic rings. The van der Waals surface area contributed by atoms with Crippen molar-refractivity contribution in [3.05, 3.63) is 29.6 Å². The molecule has 1 saturated carbocycles. The van der Waals surface area contributed by atoms with Crippen LogP contribution in [0.4, 0.5) is 10.1 Å². The van der Waals surface area contributed by atoms with Gasteiger partial charge in [0, 0.05) is 0 Å². The van der Waals surface area contributed by atoms with Crippen LogP contribution in [0.25, 0.3) is 0 Å². The topological polar surface area (TPSA) is 52.0 Å². The van der Waals surface area contributed by atoms with E-state index in [0.717, 1.165) is 37.3 Å². The lowest BCUT2D eigenvalue weighted by molar-refractivity contribution is 0.313. The fraction of sp³-hybridized carbons (Fsp3) is 0.571. The first-order valence-electron chi connectivity index (χ1n) is 6.45. The number of hydrogen-bond acceptors (Lipinski definition) is 2. The van der Waals surface area contributed by atoms with E-state index in [1.165, 1.54) is 12.8 Å². The summed E-state index contributed by atoms with van der Waals surface area (Å²) in [4.78, 5) is 0. The van der Waals surface area contributed by atoms with Crippen molar-refractivity contribution in [3.63, 3.8) is 0 Å². The first-order valence-corrected chi connectivity index (χ1v) is 6.45. The van der Waals surface area contributed by atoms with Crippen molar-refractivity contribution in [1.29, 1.82) is 0 Å². The maximum absolute atomic E-state index is 13.4. The molecule has 17 heavy (non-hydrogen) atoms. The van der Waals surface area contributed by atoms with Crippen molar-refractivity contribution in [2.75, 3.05) is 12.3 Å². The highest BCUT2D eigenvalue weighted by Gasteiger charge is 2.22. The third kappa shape index (κ3) is 2.97. The van der Waals surface area contributed by atoms with E-state index in [2.05, 4.69) is 0 Å². The molecule has 2 nitrogen and oxygen atoms in total. The Bertz CT molecular complexity index is 370. The Kier molecular flexibility index (Phi) is 4.00. The Labute approximate surface area is 102 Å². The van der Waals surface area contributed by atoms with Gasteiger partial charge in [-0.15, -0.1) is 0 Å². The molecule has 0 amide bonds. The summed E-state index contributed by atoms with van der Waals surface area (Å²) in [6, 6.07) is 5.24. The van der Waals surface area contributed by atoms with Gasteiger partial charge in [-0.3, -0.25) is 0 Å². The highest BCUT2D eigenvalue weighted by Crippen LogP contribution is 2.37. The maximum atomic E-state index is 13.4. The third-order valence-electron chi connectivity index (χ3n) is 3.92. The number of nitrogen functional groups attached to an aromatic ring is 1. The second kappa shape index (κ2) is 5.50. The van der Waals surface area contributed by atoms with E-state index in [4.69, 9.17) is 11.5 Å². The summed E-state index contributed by atoms with van der Waals surface area (Å²) in [5, 5.41) is 0. The van der Waals surface area contributed by atoms with Crippen LogP contribution in [0.5, 0.6) is 0 Å². The highest BCUT2D eigenvalue weighted by molar-refractivity contribution is 5.42. The maximum Gasteiger partial charge on any atom is 0.146 e. The van der Waals surface area contributed by atoms with E-state index in [1.807, 2.05) is 6.07 Å². The van der Waals surface area contributed by atoms with E-state index in [0.29, 0.717) is 5.92 Å². The lowest BCUT2D eigenvalue weighted by Crippen LogP contribution is -2.16. The van der Waals surface area contributed by atoms with Crippen molar-refractivity contribution in [3.8, 4) is 0 Å². The molecule has 0 aromatic heterocycles. The fourth-order valence-electron chi connectivity index (χ4n) is 2.82. The van der Waals surface area contributed by atoms with Crippen LogP contribution in [0.3, 0.4) is 0 Å². The lowest BCUT2D eigenvalue weighted by atomic mass is 9.77. The van der Waals surface area contributed by atoms with Gasteiger partial charge in [0.05, 0.1) is 5.69 Å². The number of rotatable bonds is 3. The molecule has 1 aromatic carbocycles. The van der Waals surface area contributed by atoms with Crippen LogP contribution in [0.15, 0.2) is 18.2 Å². The van der Waals surface area contributed by atoms with E-state index in [1.54, 1.807) is 12.1 Å². The van der Waals surface area contributed by atoms with Gasteiger partial charge in [-0.05, 0) is 68.2 Å². The second-order valence-electron chi connectivity index (χ2n) is 5.08. The molecule has 0 saturated heterocycles. The van der Waals surface area contributed by atoms with Gasteiger partial charge in [-0.2, -0.15) is 0 Å². The third-order valence-corrected chi connectivity index (χ3v) is 3.92. The standard InChI is InChI=1S/C14H21FN2/c15-13-9-12(5-6-14(13)17)11-3-1-10(2-4-11)7-8-16/h5-6,9-11H,1-4,7-8,16-17H2. The fourth-order valence-corrected chi connectivity index (χ4v) is 2.82. The zero-order valence-corrected chi connectivity index (χ0v) is 10.2. The molecule has 0 bridgehead atoms. The summed E-state index contributed by atoms with van der Waals surface area (Å²) in [5.74, 6) is 0.987. The van der Waals surface area contributed by atoms with Gasteiger partial charge >= 0.3 is 0 Å². The molecule has 0 heterocycles. The van der Waals surface area contributed by atoms with Gasteiger partial charge in [-0.25, -0.2) is 4.39 Å². The minimum atomic E-state index is -0.286. The number of benzene rings is 1. The molecule has 1 fully saturated rings. The van der Waals surface area contributed by atoms with Gasteiger partial charge in [0.1, 0.15) is 5.82 Å². The van der Waals surface area contributed by atoms with E-state index in [9.17, 15) is 4.39 Å². The summed E-state index contributed by atoms with van der Waals surface area (Å²) in [6.07, 6.45) is 5.85. The predicted octanol–water partition coefficient (Wildman–Crippen LogP) is 3.03. The molecule has 1 aliphatic rings. The molecule has 4 N–H and O–H groups in total. The van der Waals surface area contributed by atoms with E-state index >= 15 is 0 Å². The first-order chi connectivity index (χ1) is 8.20. The molecule has 0 aliphatic heterocycles. The molecular weight excluding hydrogens is 215 g/mol. The van der Waals surface area contributed by atoms with Crippen LogP contribution in [0, 0.1) is 11.7 Å². The van der Waals surface area contributed by atoms with Crippen molar-refractivity contribution >= 4 is 5.69 Å². The van der Waals surface area contributed by atoms with Gasteiger partial charge < -0.3 is 11.5 Å². The Morgan fingerprint density at radius 1 is 1.18 bits per heavy atom. The van der Waals surface area contributed by atoms with E-state index in [-0.39, 0.29) is 11.5 Å². The lowest BCUT2D eigenvalue weighted by Gasteiger charge is -2.28. The number of anilines is 1. The Hall–Kier alpha value is -1.09. The van der Waals surface area contributed by atoms with Crippen molar-refractivity contribution in [1.82, 2.24) is 0 Å². The molecule has 0 atom stereocenters. The first kappa shape index (κ1) is 12.4. The van der Waals surface area contributed by atoms with Crippen molar-refractivity contribution in [2.24, 2.45) is 11.7 Å². The Balaban J connectivity index is 1.98. The Morgan fingerprint density at radius 2 is 1.88 bits per heavy atom. The largest absolute Gasteiger partial charge is 0.396 e. The average molecular weight is 236 g/mol. The summed E-state index contributed by atoms with van der Waals surface area (Å²) in [6.45, 7) is 0.784. The molecule has 3 heteroatoms. The highest BCUT2D eigenvalue weighted by atomic mass is 19.1. The van der Waals surface area contributed by atoms with Crippen LogP contribution in [-0.4, -0.2) is 6.54 Å². The van der Waals surface area contributed by atoms with Crippen LogP contribution in [0.2, 0.25) is 0 Å². The van der Waals surface area contributed by atoms with Gasteiger partial charge in [0.15, 0.2) is 0 Å². The number of halogens is 1. The smallest absolute Gasteiger partial charge is 0.146 e. The second-order valence-corrected chi connectivity index (χ2v) is 5.08. The molecule has 1 aliphatic carbocycles. The minimum Gasteiger partial charge on any atom is -0.396 e. The SMILES string of the molecule is NCCC1CCC(c2ccc(N)c(F)c2)CC1. The van der Waals surface area contributed by atoms with Crippen molar-refractivity contribution < 1.29 is 4.39 Å². The monoisotopic (exact) mass is 236 g/mol. The number of nitrogens with two attached hydrogens (primary N) is 2. The van der Waals surface area contributed by atoms with Gasteiger partial charge in [-0.1, -0.05) is 6.07 Å². The summed E-state index contributed by atoms with van der Waals surface area (Å²) >= 11 is 0. The molecule has 0 unspecified atom stereocenters. The van der Waals surface area contributed by atoms with Crippen LogP contribution in [0.1, 0.15) is 43.6 Å². The molecule has 0 radical (unpaired) electrons. The molecule has 0 spiro atoms. The normalized spacial score (nSPS) is 24.8. The Morgan fingerprint density at radius 3 is 2.47 bits per heavy atom. The number of hydrogen-bond donors (Lipinski definition) is 2. The van der Waals surface area contributed by atoms with Crippen LogP contribution in [-0.2, 0) is 0 Å². The molecular formula is C14H21FN2. The predicted molar refractivity (Wildman–Crippen MR) is 69.2 cm³/mol. The van der Waals surface area contributed by atoms with Gasteiger partial charge in [0.2, 0.25) is 0 Å². The summed E-state index contributed by atoms with van der Waals surface area (Å²) in [5.41, 5.74) is 12.4.